The van der Waals surface area contributed by atoms with Crippen molar-refractivity contribution >= 4 is 45.9 Å². The minimum absolute atomic E-state index is 0.0155. The van der Waals surface area contributed by atoms with Gasteiger partial charge in [0.2, 0.25) is 5.91 Å². The molecule has 0 saturated carbocycles. The molecule has 0 spiro atoms. The summed E-state index contributed by atoms with van der Waals surface area (Å²) in [5, 5.41) is 11.9. The van der Waals surface area contributed by atoms with Gasteiger partial charge >= 0.3 is 5.97 Å². The highest BCUT2D eigenvalue weighted by Gasteiger charge is 2.26. The third kappa shape index (κ3) is 6.98. The summed E-state index contributed by atoms with van der Waals surface area (Å²) in [5.74, 6) is -0.404. The Bertz CT molecular complexity index is 1310. The first kappa shape index (κ1) is 27.9. The number of nitrogens with two attached hydrogens (primary N) is 1. The van der Waals surface area contributed by atoms with Gasteiger partial charge in [-0.25, -0.2) is 4.79 Å². The highest BCUT2D eigenvalue weighted by molar-refractivity contribution is 7.99. The number of nitrogens with one attached hydrogen (secondary N) is 1. The first-order valence-electron chi connectivity index (χ1n) is 11.4. The van der Waals surface area contributed by atoms with Crippen LogP contribution in [0.3, 0.4) is 0 Å². The molecule has 0 atom stereocenters. The Morgan fingerprint density at radius 2 is 1.89 bits per heavy atom. The lowest BCUT2D eigenvalue weighted by Gasteiger charge is -2.10. The van der Waals surface area contributed by atoms with Crippen molar-refractivity contribution in [3.63, 3.8) is 0 Å². The van der Waals surface area contributed by atoms with Crippen molar-refractivity contribution in [2.24, 2.45) is 5.73 Å². The van der Waals surface area contributed by atoms with Crippen LogP contribution in [0.4, 0.5) is 5.00 Å². The minimum atomic E-state index is -0.684. The number of anilines is 1. The summed E-state index contributed by atoms with van der Waals surface area (Å²) in [7, 11) is 0. The molecule has 1 aromatic carbocycles. The quantitative estimate of drug-likeness (QED) is 0.198. The zero-order valence-electron chi connectivity index (χ0n) is 21.1. The number of hydrogen-bond donors (Lipinski definition) is 2. The van der Waals surface area contributed by atoms with E-state index in [0.29, 0.717) is 23.1 Å². The molecule has 12 heteroatoms. The lowest BCUT2D eigenvalue weighted by Crippen LogP contribution is -2.17. The molecule has 196 valence electrons. The lowest BCUT2D eigenvalue weighted by atomic mass is 10.1. The number of nitrogens with zero attached hydrogens (tertiary/aromatic N) is 3. The van der Waals surface area contributed by atoms with E-state index in [1.54, 1.807) is 19.9 Å². The Morgan fingerprint density at radius 3 is 2.51 bits per heavy atom. The average Bonchev–Trinajstić information content (AvgIpc) is 3.36. The second-order valence-electron chi connectivity index (χ2n) is 8.09. The molecule has 3 aromatic rings. The van der Waals surface area contributed by atoms with Crippen LogP contribution in [0.1, 0.15) is 49.5 Å². The number of carbonyl (C=O) groups is 3. The molecule has 0 radical (unpaired) electrons. The fourth-order valence-electron chi connectivity index (χ4n) is 3.59. The third-order valence-corrected chi connectivity index (χ3v) is 7.29. The monoisotopic (exact) mass is 543 g/mol. The number of ether oxygens (including phenoxy) is 2. The minimum Gasteiger partial charge on any atom is -0.486 e. The van der Waals surface area contributed by atoms with Crippen LogP contribution >= 0.6 is 23.1 Å². The first-order chi connectivity index (χ1) is 17.6. The Hall–Kier alpha value is -3.64. The number of hydrogen-bond acceptors (Lipinski definition) is 9. The Morgan fingerprint density at radius 1 is 1.19 bits per heavy atom. The van der Waals surface area contributed by atoms with Gasteiger partial charge in [0.15, 0.2) is 11.0 Å². The van der Waals surface area contributed by atoms with Crippen LogP contribution in [0.25, 0.3) is 0 Å². The molecule has 0 aliphatic rings. The van der Waals surface area contributed by atoms with E-state index in [0.717, 1.165) is 28.2 Å². The molecule has 0 aliphatic heterocycles. The SMILES string of the molecule is C=CCn1c(COc2cc(C)cc(C)c2)nnc1SCC(=O)Nc1sc(C(N)=O)c(C)c1C(=O)OCC. The molecule has 37 heavy (non-hydrogen) atoms. The molecule has 2 heterocycles. The van der Waals surface area contributed by atoms with Gasteiger partial charge in [0.1, 0.15) is 17.4 Å². The van der Waals surface area contributed by atoms with Gasteiger partial charge < -0.3 is 20.5 Å². The Kier molecular flexibility index (Phi) is 9.48. The Balaban J connectivity index is 1.71. The summed E-state index contributed by atoms with van der Waals surface area (Å²) in [6, 6.07) is 5.96. The van der Waals surface area contributed by atoms with Crippen LogP contribution in [-0.2, 0) is 22.7 Å². The highest BCUT2D eigenvalue weighted by Crippen LogP contribution is 2.34. The number of esters is 1. The maximum atomic E-state index is 12.8. The number of aryl methyl sites for hydroxylation is 2. The van der Waals surface area contributed by atoms with E-state index < -0.39 is 17.8 Å². The van der Waals surface area contributed by atoms with Crippen LogP contribution in [0, 0.1) is 20.8 Å². The van der Waals surface area contributed by atoms with Crippen molar-refractivity contribution in [1.82, 2.24) is 14.8 Å². The fraction of sp³-hybridized carbons (Fsp3) is 0.320. The number of allylic oxidation sites excluding steroid dienone is 1. The number of rotatable bonds is 12. The molecule has 0 saturated heterocycles. The van der Waals surface area contributed by atoms with E-state index in [1.807, 2.05) is 30.5 Å². The maximum Gasteiger partial charge on any atom is 0.341 e. The predicted molar refractivity (Wildman–Crippen MR) is 143 cm³/mol. The number of primary amides is 1. The van der Waals surface area contributed by atoms with Crippen molar-refractivity contribution in [3.8, 4) is 5.75 Å². The average molecular weight is 544 g/mol. The van der Waals surface area contributed by atoms with E-state index in [2.05, 4.69) is 28.2 Å². The summed E-state index contributed by atoms with van der Waals surface area (Å²) in [6.45, 7) is 11.8. The van der Waals surface area contributed by atoms with Crippen LogP contribution < -0.4 is 15.8 Å². The summed E-state index contributed by atoms with van der Waals surface area (Å²) in [4.78, 5) is 37.2. The molecular formula is C25H29N5O5S2. The summed E-state index contributed by atoms with van der Waals surface area (Å²) >= 11 is 2.12. The maximum absolute atomic E-state index is 12.8. The zero-order valence-corrected chi connectivity index (χ0v) is 22.8. The smallest absolute Gasteiger partial charge is 0.341 e. The molecule has 0 bridgehead atoms. The second kappa shape index (κ2) is 12.5. The number of benzene rings is 1. The van der Waals surface area contributed by atoms with Crippen LogP contribution in [0.5, 0.6) is 5.75 Å². The third-order valence-electron chi connectivity index (χ3n) is 5.10. The van der Waals surface area contributed by atoms with Crippen molar-refractivity contribution in [2.45, 2.75) is 46.0 Å². The molecular weight excluding hydrogens is 514 g/mol. The van der Waals surface area contributed by atoms with Gasteiger partial charge in [-0.05, 0) is 56.5 Å². The number of thioether (sulfide) groups is 1. The van der Waals surface area contributed by atoms with Crippen molar-refractivity contribution in [2.75, 3.05) is 17.7 Å². The van der Waals surface area contributed by atoms with Crippen LogP contribution in [0.2, 0.25) is 0 Å². The molecule has 0 fully saturated rings. The molecule has 3 rings (SSSR count). The molecule has 0 aliphatic carbocycles. The van der Waals surface area contributed by atoms with Crippen LogP contribution in [-0.4, -0.2) is 44.9 Å². The van der Waals surface area contributed by atoms with E-state index in [1.165, 1.54) is 11.8 Å². The van der Waals surface area contributed by atoms with Crippen molar-refractivity contribution < 1.29 is 23.9 Å². The first-order valence-corrected chi connectivity index (χ1v) is 13.2. The fourth-order valence-corrected chi connectivity index (χ4v) is 5.42. The number of thiophene rings is 1. The molecule has 3 N–H and O–H groups in total. The van der Waals surface area contributed by atoms with E-state index in [9.17, 15) is 14.4 Å². The molecule has 2 aromatic heterocycles. The van der Waals surface area contributed by atoms with E-state index in [-0.39, 0.29) is 34.4 Å². The van der Waals surface area contributed by atoms with Crippen molar-refractivity contribution in [1.29, 1.82) is 0 Å². The van der Waals surface area contributed by atoms with Gasteiger partial charge in [-0.1, -0.05) is 23.9 Å². The normalized spacial score (nSPS) is 10.7. The Labute approximate surface area is 223 Å². The number of aromatic nitrogens is 3. The largest absolute Gasteiger partial charge is 0.486 e. The molecule has 2 amide bonds. The van der Waals surface area contributed by atoms with Gasteiger partial charge in [-0.15, -0.1) is 28.1 Å². The van der Waals surface area contributed by atoms with E-state index >= 15 is 0 Å². The van der Waals surface area contributed by atoms with Gasteiger partial charge in [0.25, 0.3) is 5.91 Å². The topological polar surface area (TPSA) is 138 Å². The highest BCUT2D eigenvalue weighted by atomic mass is 32.2. The van der Waals surface area contributed by atoms with Gasteiger partial charge in [0, 0.05) is 6.54 Å². The lowest BCUT2D eigenvalue weighted by molar-refractivity contribution is -0.113. The predicted octanol–water partition coefficient (Wildman–Crippen LogP) is 4.04. The summed E-state index contributed by atoms with van der Waals surface area (Å²) in [6.07, 6.45) is 1.71. The second-order valence-corrected chi connectivity index (χ2v) is 10.1. The molecule has 0 unspecified atom stereocenters. The molecule has 10 nitrogen and oxygen atoms in total. The van der Waals surface area contributed by atoms with Crippen LogP contribution in [0.15, 0.2) is 36.0 Å². The van der Waals surface area contributed by atoms with Gasteiger partial charge in [0.05, 0.1) is 22.8 Å². The number of carbonyl (C=O) groups excluding carboxylic acids is 3. The van der Waals surface area contributed by atoms with Crippen molar-refractivity contribution in [3.05, 3.63) is 63.8 Å². The van der Waals surface area contributed by atoms with Gasteiger partial charge in [-0.3, -0.25) is 14.2 Å². The van der Waals surface area contributed by atoms with E-state index in [4.69, 9.17) is 15.2 Å². The summed E-state index contributed by atoms with van der Waals surface area (Å²) < 4.78 is 12.8. The zero-order chi connectivity index (χ0) is 27.1. The standard InChI is InChI=1S/C25H29N5O5S2/c1-6-8-30-18(12-35-17-10-14(3)9-15(4)11-17)28-29-25(30)36-13-19(31)27-23-20(24(33)34-7-2)16(5)21(37-23)22(26)32/h6,9-11H,1,7-8,12-13H2,2-5H3,(H2,26,32)(H,27,31). The number of amides is 2. The summed E-state index contributed by atoms with van der Waals surface area (Å²) in [5.41, 5.74) is 8.12. The van der Waals surface area contributed by atoms with Gasteiger partial charge in [-0.2, -0.15) is 0 Å².